The minimum absolute atomic E-state index is 0.184. The molecular weight excluding hydrogens is 194 g/mol. The predicted molar refractivity (Wildman–Crippen MR) is 59.1 cm³/mol. The molecule has 0 atom stereocenters. The van der Waals surface area contributed by atoms with Crippen molar-refractivity contribution in [3.8, 4) is 0 Å². The maximum Gasteiger partial charge on any atom is 0.268 e. The van der Waals surface area contributed by atoms with Gasteiger partial charge in [-0.25, -0.2) is 0 Å². The zero-order valence-corrected chi connectivity index (χ0v) is 8.86. The highest BCUT2D eigenvalue weighted by Crippen LogP contribution is 2.29. The lowest BCUT2D eigenvalue weighted by Gasteiger charge is -1.97. The number of benzene rings is 1. The lowest BCUT2D eigenvalue weighted by atomic mass is 10.1. The van der Waals surface area contributed by atoms with Crippen molar-refractivity contribution in [1.29, 1.82) is 0 Å². The minimum atomic E-state index is 0.184. The molecule has 2 nitrogen and oxygen atoms in total. The fourth-order valence-corrected chi connectivity index (χ4v) is 3.20. The fraction of sp³-hybridized carbons (Fsp3) is 0.364. The number of aromatic nitrogens is 1. The Morgan fingerprint density at radius 2 is 2.21 bits per heavy atom. The maximum absolute atomic E-state index is 11.9. The van der Waals surface area contributed by atoms with Crippen LogP contribution < -0.4 is 5.56 Å². The minimum Gasteiger partial charge on any atom is -0.268 e. The first-order chi connectivity index (χ1) is 6.77. The molecule has 0 saturated carbocycles. The Hall–Kier alpha value is -1.09. The van der Waals surface area contributed by atoms with Crippen molar-refractivity contribution in [2.24, 2.45) is 7.05 Å². The van der Waals surface area contributed by atoms with E-state index >= 15 is 0 Å². The molecule has 1 aromatic heterocycles. The Morgan fingerprint density at radius 1 is 1.36 bits per heavy atom. The van der Waals surface area contributed by atoms with Gasteiger partial charge in [0.05, 0.1) is 10.1 Å². The molecule has 3 heteroatoms. The average Bonchev–Trinajstić information content (AvgIpc) is 2.72. The third-order valence-electron chi connectivity index (χ3n) is 2.98. The van der Waals surface area contributed by atoms with Crippen molar-refractivity contribution in [2.45, 2.75) is 19.3 Å². The van der Waals surface area contributed by atoms with E-state index in [1.807, 2.05) is 7.05 Å². The highest BCUT2D eigenvalue weighted by atomic mass is 32.1. The summed E-state index contributed by atoms with van der Waals surface area (Å²) in [5, 5.41) is 0.979. The molecule has 0 amide bonds. The molecule has 0 radical (unpaired) electrons. The van der Waals surface area contributed by atoms with E-state index in [1.54, 1.807) is 15.5 Å². The highest BCUT2D eigenvalue weighted by Gasteiger charge is 2.17. The van der Waals surface area contributed by atoms with E-state index in [1.165, 1.54) is 17.5 Å². The van der Waals surface area contributed by atoms with E-state index < -0.39 is 0 Å². The van der Waals surface area contributed by atoms with Gasteiger partial charge in [0.25, 0.3) is 5.56 Å². The van der Waals surface area contributed by atoms with Crippen molar-refractivity contribution in [3.05, 3.63) is 33.6 Å². The number of hydrogen-bond donors (Lipinski definition) is 0. The van der Waals surface area contributed by atoms with E-state index in [-0.39, 0.29) is 5.56 Å². The molecule has 14 heavy (non-hydrogen) atoms. The van der Waals surface area contributed by atoms with Crippen LogP contribution in [0, 0.1) is 0 Å². The van der Waals surface area contributed by atoms with E-state index in [2.05, 4.69) is 12.1 Å². The van der Waals surface area contributed by atoms with Gasteiger partial charge in [0.1, 0.15) is 0 Å². The summed E-state index contributed by atoms with van der Waals surface area (Å²) in [6.07, 6.45) is 3.43. The molecule has 0 saturated heterocycles. The van der Waals surface area contributed by atoms with Crippen LogP contribution in [0.3, 0.4) is 0 Å². The summed E-state index contributed by atoms with van der Waals surface area (Å²) in [5.74, 6) is 0. The van der Waals surface area contributed by atoms with E-state index in [4.69, 9.17) is 0 Å². The molecule has 0 aliphatic heterocycles. The fourth-order valence-electron chi connectivity index (χ4n) is 2.30. The second-order valence-corrected chi connectivity index (χ2v) is 4.99. The van der Waals surface area contributed by atoms with Crippen molar-refractivity contribution < 1.29 is 0 Å². The maximum atomic E-state index is 11.9. The summed E-state index contributed by atoms with van der Waals surface area (Å²) in [6.45, 7) is 0. The topological polar surface area (TPSA) is 22.0 Å². The van der Waals surface area contributed by atoms with Gasteiger partial charge in [-0.1, -0.05) is 17.6 Å². The number of aryl methyl sites for hydroxylation is 3. The van der Waals surface area contributed by atoms with Crippen LogP contribution >= 0.6 is 11.5 Å². The normalized spacial score (nSPS) is 14.9. The SMILES string of the molecule is Cn1sc2ccc3c(c2c1=O)CCC3. The van der Waals surface area contributed by atoms with Gasteiger partial charge in [0, 0.05) is 7.05 Å². The molecule has 2 aromatic rings. The molecule has 0 spiro atoms. The summed E-state index contributed by atoms with van der Waals surface area (Å²) < 4.78 is 2.86. The third kappa shape index (κ3) is 0.932. The third-order valence-corrected chi connectivity index (χ3v) is 3.96. The van der Waals surface area contributed by atoms with E-state index in [0.717, 1.165) is 22.9 Å². The van der Waals surface area contributed by atoms with Gasteiger partial charge in [0.2, 0.25) is 0 Å². The zero-order chi connectivity index (χ0) is 9.71. The molecule has 1 aliphatic rings. The van der Waals surface area contributed by atoms with Crippen molar-refractivity contribution >= 4 is 21.6 Å². The molecule has 1 aromatic carbocycles. The number of hydrogen-bond acceptors (Lipinski definition) is 2. The van der Waals surface area contributed by atoms with Gasteiger partial charge in [-0.3, -0.25) is 8.75 Å². The molecule has 0 N–H and O–H groups in total. The first-order valence-electron chi connectivity index (χ1n) is 4.88. The lowest BCUT2D eigenvalue weighted by molar-refractivity contribution is 0.912. The smallest absolute Gasteiger partial charge is 0.268 e. The summed E-state index contributed by atoms with van der Waals surface area (Å²) in [7, 11) is 1.84. The van der Waals surface area contributed by atoms with E-state index in [9.17, 15) is 4.79 Å². The molecule has 0 unspecified atom stereocenters. The quantitative estimate of drug-likeness (QED) is 0.645. The molecule has 72 valence electrons. The van der Waals surface area contributed by atoms with Crippen LogP contribution in [0.25, 0.3) is 10.1 Å². The first-order valence-corrected chi connectivity index (χ1v) is 5.65. The van der Waals surface area contributed by atoms with Crippen molar-refractivity contribution in [1.82, 2.24) is 3.96 Å². The molecule has 1 aliphatic carbocycles. The van der Waals surface area contributed by atoms with E-state index in [0.29, 0.717) is 0 Å². The standard InChI is InChI=1S/C11H11NOS/c1-12-11(13)10-8-4-2-3-7(8)5-6-9(10)14-12/h5-6H,2-4H2,1H3. The molecule has 0 fully saturated rings. The Labute approximate surface area is 85.9 Å². The van der Waals surface area contributed by atoms with Crippen LogP contribution in [0.1, 0.15) is 17.5 Å². The molecule has 3 rings (SSSR count). The Morgan fingerprint density at radius 3 is 3.07 bits per heavy atom. The summed E-state index contributed by atoms with van der Waals surface area (Å²) in [6, 6.07) is 4.27. The van der Waals surface area contributed by atoms with Crippen molar-refractivity contribution in [3.63, 3.8) is 0 Å². The summed E-state index contributed by atoms with van der Waals surface area (Å²) >= 11 is 1.55. The van der Waals surface area contributed by atoms with Crippen LogP contribution in [0.15, 0.2) is 16.9 Å². The number of fused-ring (bicyclic) bond motifs is 3. The summed E-state index contributed by atoms with van der Waals surface area (Å²) in [4.78, 5) is 11.9. The van der Waals surface area contributed by atoms with Crippen LogP contribution in [-0.4, -0.2) is 3.96 Å². The number of nitrogens with zero attached hydrogens (tertiary/aromatic N) is 1. The van der Waals surface area contributed by atoms with Crippen LogP contribution in [-0.2, 0) is 19.9 Å². The number of rotatable bonds is 0. The monoisotopic (exact) mass is 205 g/mol. The van der Waals surface area contributed by atoms with Gasteiger partial charge in [-0.15, -0.1) is 0 Å². The highest BCUT2D eigenvalue weighted by molar-refractivity contribution is 7.13. The van der Waals surface area contributed by atoms with Gasteiger partial charge in [-0.2, -0.15) is 0 Å². The van der Waals surface area contributed by atoms with Crippen LogP contribution in [0.2, 0.25) is 0 Å². The van der Waals surface area contributed by atoms with Gasteiger partial charge in [-0.05, 0) is 36.5 Å². The Bertz CT molecular complexity index is 564. The van der Waals surface area contributed by atoms with Gasteiger partial charge < -0.3 is 0 Å². The van der Waals surface area contributed by atoms with Gasteiger partial charge >= 0.3 is 0 Å². The zero-order valence-electron chi connectivity index (χ0n) is 8.04. The molecular formula is C11H11NOS. The predicted octanol–water partition coefficient (Wildman–Crippen LogP) is 2.09. The van der Waals surface area contributed by atoms with Crippen LogP contribution in [0.4, 0.5) is 0 Å². The first kappa shape index (κ1) is 8.24. The second kappa shape index (κ2) is 2.70. The molecule has 1 heterocycles. The van der Waals surface area contributed by atoms with Crippen LogP contribution in [0.5, 0.6) is 0 Å². The second-order valence-electron chi connectivity index (χ2n) is 3.82. The van der Waals surface area contributed by atoms with Crippen molar-refractivity contribution in [2.75, 3.05) is 0 Å². The Kier molecular flexibility index (Phi) is 1.59. The largest absolute Gasteiger partial charge is 0.268 e. The average molecular weight is 205 g/mol. The Balaban J connectivity index is 2.53. The van der Waals surface area contributed by atoms with Gasteiger partial charge in [0.15, 0.2) is 0 Å². The lowest BCUT2D eigenvalue weighted by Crippen LogP contribution is -2.09. The summed E-state index contributed by atoms with van der Waals surface area (Å²) in [5.41, 5.74) is 2.88. The molecule has 0 bridgehead atoms.